The molecule has 3 aromatic carbocycles. The lowest BCUT2D eigenvalue weighted by atomic mass is 9.96. The molecule has 1 atom stereocenters. The number of hydrogen-bond acceptors (Lipinski definition) is 2. The molecule has 1 saturated heterocycles. The van der Waals surface area contributed by atoms with Crippen LogP contribution in [-0.2, 0) is 9.47 Å². The van der Waals surface area contributed by atoms with Crippen LogP contribution in [-0.4, -0.2) is 19.5 Å². The van der Waals surface area contributed by atoms with Crippen molar-refractivity contribution in [2.24, 2.45) is 0 Å². The van der Waals surface area contributed by atoms with Crippen LogP contribution in [0, 0.1) is 0 Å². The third-order valence-electron chi connectivity index (χ3n) is 4.61. The van der Waals surface area contributed by atoms with Crippen molar-refractivity contribution in [1.82, 2.24) is 0 Å². The Hall–Kier alpha value is -2.16. The molecule has 1 aliphatic rings. The minimum atomic E-state index is -0.0346. The topological polar surface area (TPSA) is 18.5 Å². The maximum atomic E-state index is 5.82. The van der Waals surface area contributed by atoms with Crippen molar-refractivity contribution >= 4 is 27.6 Å². The van der Waals surface area contributed by atoms with E-state index in [1.54, 1.807) is 0 Å². The molecular weight excluding hydrogens is 296 g/mol. The van der Waals surface area contributed by atoms with Crippen LogP contribution in [0.2, 0.25) is 0 Å². The second-order valence-corrected chi connectivity index (χ2v) is 6.26. The first-order chi connectivity index (χ1) is 11.9. The van der Waals surface area contributed by atoms with E-state index in [0.29, 0.717) is 6.61 Å². The van der Waals surface area contributed by atoms with Crippen LogP contribution >= 0.6 is 0 Å². The maximum absolute atomic E-state index is 5.82. The summed E-state index contributed by atoms with van der Waals surface area (Å²) >= 11 is 0. The molecule has 0 saturated carbocycles. The van der Waals surface area contributed by atoms with Gasteiger partial charge >= 0.3 is 0 Å². The van der Waals surface area contributed by atoms with Crippen molar-refractivity contribution in [3.8, 4) is 0 Å². The summed E-state index contributed by atoms with van der Waals surface area (Å²) in [4.78, 5) is 0. The third kappa shape index (κ3) is 3.21. The van der Waals surface area contributed by atoms with Crippen molar-refractivity contribution in [1.29, 1.82) is 0 Å². The normalized spacial score (nSPS) is 18.6. The lowest BCUT2D eigenvalue weighted by molar-refractivity contribution is -0.155. The van der Waals surface area contributed by atoms with Crippen LogP contribution in [0.1, 0.15) is 24.8 Å². The fourth-order valence-corrected chi connectivity index (χ4v) is 3.40. The van der Waals surface area contributed by atoms with Gasteiger partial charge in [0, 0.05) is 6.61 Å². The maximum Gasteiger partial charge on any atom is 0.157 e. The Morgan fingerprint density at radius 3 is 2.33 bits per heavy atom. The fraction of sp³-hybridized carbons (Fsp3) is 0.273. The zero-order valence-corrected chi connectivity index (χ0v) is 13.8. The minimum Gasteiger partial charge on any atom is -0.353 e. The van der Waals surface area contributed by atoms with Crippen LogP contribution in [0.4, 0.5) is 0 Å². The number of benzene rings is 3. The van der Waals surface area contributed by atoms with Crippen LogP contribution in [0.3, 0.4) is 0 Å². The van der Waals surface area contributed by atoms with Crippen LogP contribution in [0.25, 0.3) is 27.6 Å². The SMILES string of the molecule is C(=C\c1c2ccccc2cc2ccccc12)/COC1CCCCO1. The highest BCUT2D eigenvalue weighted by atomic mass is 16.7. The van der Waals surface area contributed by atoms with E-state index in [1.165, 1.54) is 33.5 Å². The van der Waals surface area contributed by atoms with E-state index in [-0.39, 0.29) is 6.29 Å². The van der Waals surface area contributed by atoms with Gasteiger partial charge in [0.25, 0.3) is 0 Å². The van der Waals surface area contributed by atoms with E-state index in [9.17, 15) is 0 Å². The summed E-state index contributed by atoms with van der Waals surface area (Å²) in [6.07, 6.45) is 7.61. The Balaban J connectivity index is 1.62. The summed E-state index contributed by atoms with van der Waals surface area (Å²) in [6.45, 7) is 1.41. The van der Waals surface area contributed by atoms with E-state index in [2.05, 4.69) is 66.7 Å². The molecule has 0 radical (unpaired) electrons. The minimum absolute atomic E-state index is 0.0346. The molecule has 0 bridgehead atoms. The first-order valence-electron chi connectivity index (χ1n) is 8.72. The van der Waals surface area contributed by atoms with E-state index >= 15 is 0 Å². The second-order valence-electron chi connectivity index (χ2n) is 6.26. The lowest BCUT2D eigenvalue weighted by Crippen LogP contribution is -2.22. The van der Waals surface area contributed by atoms with Gasteiger partial charge < -0.3 is 9.47 Å². The van der Waals surface area contributed by atoms with Gasteiger partial charge in [-0.2, -0.15) is 0 Å². The van der Waals surface area contributed by atoms with Crippen molar-refractivity contribution < 1.29 is 9.47 Å². The van der Waals surface area contributed by atoms with E-state index < -0.39 is 0 Å². The van der Waals surface area contributed by atoms with Gasteiger partial charge in [0.1, 0.15) is 0 Å². The standard InChI is InChI=1S/C22H22O2/c1-3-10-19-17(8-1)16-18-9-2-4-11-20(18)21(19)12-7-15-24-22-13-5-6-14-23-22/h1-4,7-12,16,22H,5-6,13-15H2/b12-7+. The summed E-state index contributed by atoms with van der Waals surface area (Å²) in [6, 6.07) is 19.4. The van der Waals surface area contributed by atoms with Gasteiger partial charge in [-0.15, -0.1) is 0 Å². The molecule has 0 spiro atoms. The van der Waals surface area contributed by atoms with Crippen molar-refractivity contribution in [2.45, 2.75) is 25.6 Å². The van der Waals surface area contributed by atoms with E-state index in [4.69, 9.17) is 9.47 Å². The summed E-state index contributed by atoms with van der Waals surface area (Å²) in [5.41, 5.74) is 1.26. The molecule has 2 nitrogen and oxygen atoms in total. The van der Waals surface area contributed by atoms with Gasteiger partial charge in [0.15, 0.2) is 6.29 Å². The average Bonchev–Trinajstić information content (AvgIpc) is 2.65. The molecule has 1 fully saturated rings. The smallest absolute Gasteiger partial charge is 0.157 e. The first-order valence-corrected chi connectivity index (χ1v) is 8.72. The quantitative estimate of drug-likeness (QED) is 0.587. The van der Waals surface area contributed by atoms with Gasteiger partial charge in [-0.1, -0.05) is 60.7 Å². The molecule has 0 amide bonds. The predicted molar refractivity (Wildman–Crippen MR) is 100 cm³/mol. The molecule has 3 aromatic rings. The Bertz CT molecular complexity index is 806. The number of fused-ring (bicyclic) bond motifs is 2. The van der Waals surface area contributed by atoms with Crippen molar-refractivity contribution in [2.75, 3.05) is 13.2 Å². The molecule has 0 aromatic heterocycles. The summed E-state index contributed by atoms with van der Waals surface area (Å²) in [5.74, 6) is 0. The van der Waals surface area contributed by atoms with E-state index in [0.717, 1.165) is 19.4 Å². The largest absolute Gasteiger partial charge is 0.353 e. The molecule has 0 N–H and O–H groups in total. The van der Waals surface area contributed by atoms with Crippen LogP contribution in [0.15, 0.2) is 60.7 Å². The molecule has 1 heterocycles. The summed E-state index contributed by atoms with van der Waals surface area (Å²) < 4.78 is 11.4. The van der Waals surface area contributed by atoms with Crippen LogP contribution < -0.4 is 0 Å². The highest BCUT2D eigenvalue weighted by Crippen LogP contribution is 2.29. The second kappa shape index (κ2) is 7.16. The molecule has 122 valence electrons. The summed E-state index contributed by atoms with van der Waals surface area (Å²) in [5, 5.41) is 5.10. The van der Waals surface area contributed by atoms with Gasteiger partial charge in [0.2, 0.25) is 0 Å². The van der Waals surface area contributed by atoms with Crippen molar-refractivity contribution in [3.05, 3.63) is 66.2 Å². The third-order valence-corrected chi connectivity index (χ3v) is 4.61. The summed E-state index contributed by atoms with van der Waals surface area (Å²) in [7, 11) is 0. The Morgan fingerprint density at radius 2 is 1.67 bits per heavy atom. The monoisotopic (exact) mass is 318 g/mol. The number of ether oxygens (including phenoxy) is 2. The first kappa shape index (κ1) is 15.4. The van der Waals surface area contributed by atoms with Crippen LogP contribution in [0.5, 0.6) is 0 Å². The molecule has 24 heavy (non-hydrogen) atoms. The van der Waals surface area contributed by atoms with Crippen molar-refractivity contribution in [3.63, 3.8) is 0 Å². The predicted octanol–water partition coefficient (Wildman–Crippen LogP) is 5.55. The van der Waals surface area contributed by atoms with Gasteiger partial charge in [-0.05, 0) is 52.4 Å². The molecular formula is C22H22O2. The molecule has 2 heteroatoms. The Morgan fingerprint density at radius 1 is 0.958 bits per heavy atom. The molecule has 0 aliphatic carbocycles. The highest BCUT2D eigenvalue weighted by molar-refractivity contribution is 6.06. The van der Waals surface area contributed by atoms with Gasteiger partial charge in [0.05, 0.1) is 6.61 Å². The zero-order valence-electron chi connectivity index (χ0n) is 13.8. The average molecular weight is 318 g/mol. The molecule has 1 aliphatic heterocycles. The Kier molecular flexibility index (Phi) is 4.59. The molecule has 1 unspecified atom stereocenters. The van der Waals surface area contributed by atoms with Gasteiger partial charge in [-0.25, -0.2) is 0 Å². The van der Waals surface area contributed by atoms with E-state index in [1.807, 2.05) is 0 Å². The number of hydrogen-bond donors (Lipinski definition) is 0. The Labute approximate surface area is 142 Å². The highest BCUT2D eigenvalue weighted by Gasteiger charge is 2.12. The van der Waals surface area contributed by atoms with Gasteiger partial charge in [-0.3, -0.25) is 0 Å². The zero-order chi connectivity index (χ0) is 16.2. The lowest BCUT2D eigenvalue weighted by Gasteiger charge is -2.21. The molecule has 4 rings (SSSR count). The fourth-order valence-electron chi connectivity index (χ4n) is 3.40. The number of rotatable bonds is 4.